The first-order chi connectivity index (χ1) is 22.8. The van der Waals surface area contributed by atoms with Crippen molar-refractivity contribution in [1.29, 1.82) is 0 Å². The van der Waals surface area contributed by atoms with Crippen LogP contribution in [0.15, 0.2) is 0 Å². The Labute approximate surface area is 288 Å². The van der Waals surface area contributed by atoms with Gasteiger partial charge in [0, 0.05) is 12.8 Å². The van der Waals surface area contributed by atoms with E-state index in [1.807, 2.05) is 13.8 Å². The standard InChI is InChI=1S/C32H59N9O8/c1-17(2)14-23(40-32(49)28(18(3)4)41-31(48)21(35)9-11-26(36)44)25(43)16-38-19(5)24(42)15-39-22(10-12-27(37)45)30(47)29(46)20(34)8-6-7-13-33/h17-23,28,38-39H,6-16,33-35H2,1-5H3,(H2,36,44)(H2,37,45)(H,40,49)(H,41,48)/t19-,20-,21-,22-,23-,28-/m0/s1. The summed E-state index contributed by atoms with van der Waals surface area (Å²) in [7, 11) is 0. The highest BCUT2D eigenvalue weighted by Crippen LogP contribution is 2.10. The van der Waals surface area contributed by atoms with Crippen LogP contribution in [-0.2, 0) is 38.4 Å². The van der Waals surface area contributed by atoms with Crippen LogP contribution in [0, 0.1) is 11.8 Å². The number of hydrogen-bond acceptors (Lipinski definition) is 13. The molecular weight excluding hydrogens is 638 g/mol. The third-order valence-corrected chi connectivity index (χ3v) is 7.83. The number of Topliss-reactive ketones (excluding diaryl/α,β-unsaturated/α-hetero) is 4. The number of carbonyl (C=O) groups is 8. The smallest absolute Gasteiger partial charge is 0.243 e. The van der Waals surface area contributed by atoms with E-state index in [1.54, 1.807) is 13.8 Å². The van der Waals surface area contributed by atoms with Crippen molar-refractivity contribution >= 4 is 46.8 Å². The SMILES string of the molecule is CC(C)C[C@H](NC(=O)[C@@H](NC(=O)[C@@H](N)CCC(N)=O)C(C)C)C(=O)CN[C@@H](C)C(=O)CN[C@@H](CCC(N)=O)C(=O)C(=O)[C@@H](N)CCCCN. The summed E-state index contributed by atoms with van der Waals surface area (Å²) in [6, 6.07) is -6.12. The normalized spacial score (nSPS) is 15.1. The lowest BCUT2D eigenvalue weighted by atomic mass is 9.96. The van der Waals surface area contributed by atoms with Crippen LogP contribution in [0.4, 0.5) is 0 Å². The molecule has 0 saturated carbocycles. The first-order valence-corrected chi connectivity index (χ1v) is 16.8. The third kappa shape index (κ3) is 18.6. The molecule has 6 atom stereocenters. The second-order valence-electron chi connectivity index (χ2n) is 13.1. The topological polar surface area (TPSA) is 315 Å². The number of amides is 4. The summed E-state index contributed by atoms with van der Waals surface area (Å²) in [5.74, 6) is -5.45. The Balaban J connectivity index is 5.41. The Morgan fingerprint density at radius 2 is 1.18 bits per heavy atom. The molecule has 49 heavy (non-hydrogen) atoms. The minimum absolute atomic E-state index is 0.00168. The largest absolute Gasteiger partial charge is 0.370 e. The maximum atomic E-state index is 13.3. The van der Waals surface area contributed by atoms with E-state index < -0.39 is 83.0 Å². The van der Waals surface area contributed by atoms with Crippen LogP contribution in [-0.4, -0.2) is 103 Å². The number of rotatable bonds is 28. The molecule has 0 aromatic heterocycles. The number of nitrogens with one attached hydrogen (secondary N) is 4. The zero-order chi connectivity index (χ0) is 37.8. The molecule has 0 aliphatic carbocycles. The summed E-state index contributed by atoms with van der Waals surface area (Å²) in [5.41, 5.74) is 27.5. The quantitative estimate of drug-likeness (QED) is 0.0295. The number of primary amides is 2. The molecule has 0 unspecified atom stereocenters. The molecule has 0 heterocycles. The van der Waals surface area contributed by atoms with Crippen molar-refractivity contribution < 1.29 is 38.4 Å². The van der Waals surface area contributed by atoms with Crippen LogP contribution < -0.4 is 49.9 Å². The average Bonchev–Trinajstić information content (AvgIpc) is 3.02. The van der Waals surface area contributed by atoms with Crippen molar-refractivity contribution in [2.45, 2.75) is 122 Å². The molecule has 280 valence electrons. The lowest BCUT2D eigenvalue weighted by Gasteiger charge is -2.27. The molecule has 17 heteroatoms. The summed E-state index contributed by atoms with van der Waals surface area (Å²) < 4.78 is 0. The van der Waals surface area contributed by atoms with Gasteiger partial charge in [0.15, 0.2) is 11.6 Å². The van der Waals surface area contributed by atoms with Gasteiger partial charge in [-0.25, -0.2) is 0 Å². The van der Waals surface area contributed by atoms with Crippen molar-refractivity contribution in [2.75, 3.05) is 19.6 Å². The first kappa shape index (κ1) is 45.4. The van der Waals surface area contributed by atoms with Crippen LogP contribution in [0.5, 0.6) is 0 Å². The zero-order valence-corrected chi connectivity index (χ0v) is 29.5. The van der Waals surface area contributed by atoms with Crippen LogP contribution in [0.2, 0.25) is 0 Å². The Morgan fingerprint density at radius 3 is 1.71 bits per heavy atom. The molecule has 17 nitrogen and oxygen atoms in total. The Hall–Kier alpha value is -3.64. The van der Waals surface area contributed by atoms with Gasteiger partial charge in [-0.15, -0.1) is 0 Å². The molecule has 4 amide bonds. The summed E-state index contributed by atoms with van der Waals surface area (Å²) in [6.45, 7) is 8.43. The van der Waals surface area contributed by atoms with Gasteiger partial charge in [-0.1, -0.05) is 34.1 Å². The van der Waals surface area contributed by atoms with Gasteiger partial charge >= 0.3 is 0 Å². The summed E-state index contributed by atoms with van der Waals surface area (Å²) in [4.78, 5) is 99.9. The first-order valence-electron chi connectivity index (χ1n) is 16.8. The minimum atomic E-state index is -1.17. The summed E-state index contributed by atoms with van der Waals surface area (Å²) in [6.07, 6.45) is 1.32. The number of nitrogens with two attached hydrogens (primary N) is 5. The van der Waals surface area contributed by atoms with Gasteiger partial charge in [0.1, 0.15) is 6.04 Å². The predicted octanol–water partition coefficient (Wildman–Crippen LogP) is -2.81. The highest BCUT2D eigenvalue weighted by molar-refractivity contribution is 6.41. The molecule has 0 aromatic carbocycles. The van der Waals surface area contributed by atoms with Crippen LogP contribution in [0.25, 0.3) is 0 Å². The Kier molecular flexibility index (Phi) is 21.9. The lowest BCUT2D eigenvalue weighted by molar-refractivity contribution is -0.139. The van der Waals surface area contributed by atoms with E-state index in [0.717, 1.165) is 0 Å². The van der Waals surface area contributed by atoms with E-state index in [1.165, 1.54) is 6.92 Å². The zero-order valence-electron chi connectivity index (χ0n) is 29.5. The van der Waals surface area contributed by atoms with Crippen molar-refractivity contribution in [2.24, 2.45) is 40.5 Å². The van der Waals surface area contributed by atoms with E-state index in [2.05, 4.69) is 21.3 Å². The molecule has 0 radical (unpaired) electrons. The molecule has 14 N–H and O–H groups in total. The van der Waals surface area contributed by atoms with Gasteiger partial charge in [-0.3, -0.25) is 38.4 Å². The van der Waals surface area contributed by atoms with E-state index in [4.69, 9.17) is 28.7 Å². The molecule has 0 rings (SSSR count). The molecule has 0 aliphatic rings. The fourth-order valence-electron chi connectivity index (χ4n) is 4.70. The van der Waals surface area contributed by atoms with Crippen LogP contribution >= 0.6 is 0 Å². The third-order valence-electron chi connectivity index (χ3n) is 7.83. The Bertz CT molecular complexity index is 1150. The predicted molar refractivity (Wildman–Crippen MR) is 183 cm³/mol. The van der Waals surface area contributed by atoms with Crippen molar-refractivity contribution in [3.05, 3.63) is 0 Å². The van der Waals surface area contributed by atoms with Gasteiger partial charge in [0.25, 0.3) is 0 Å². The van der Waals surface area contributed by atoms with Gasteiger partial charge in [0.05, 0.1) is 43.3 Å². The minimum Gasteiger partial charge on any atom is -0.370 e. The molecule has 0 aromatic rings. The maximum absolute atomic E-state index is 13.3. The molecular formula is C32H59N9O8. The maximum Gasteiger partial charge on any atom is 0.243 e. The number of carbonyl (C=O) groups excluding carboxylic acids is 8. The van der Waals surface area contributed by atoms with Crippen LogP contribution in [0.1, 0.15) is 86.0 Å². The van der Waals surface area contributed by atoms with Crippen LogP contribution in [0.3, 0.4) is 0 Å². The summed E-state index contributed by atoms with van der Waals surface area (Å²) in [5, 5.41) is 10.9. The van der Waals surface area contributed by atoms with Gasteiger partial charge in [-0.2, -0.15) is 0 Å². The van der Waals surface area contributed by atoms with Gasteiger partial charge in [0.2, 0.25) is 35.2 Å². The van der Waals surface area contributed by atoms with E-state index in [-0.39, 0.29) is 63.5 Å². The molecule has 0 saturated heterocycles. The molecule has 0 bridgehead atoms. The second-order valence-corrected chi connectivity index (χ2v) is 13.1. The van der Waals surface area contributed by atoms with Crippen molar-refractivity contribution in [3.63, 3.8) is 0 Å². The molecule has 0 fully saturated rings. The number of ketones is 4. The van der Waals surface area contributed by atoms with Gasteiger partial charge in [-0.05, 0) is 57.4 Å². The average molecular weight is 698 g/mol. The lowest BCUT2D eigenvalue weighted by Crippen LogP contribution is -2.57. The van der Waals surface area contributed by atoms with E-state index >= 15 is 0 Å². The summed E-state index contributed by atoms with van der Waals surface area (Å²) >= 11 is 0. The fourth-order valence-corrected chi connectivity index (χ4v) is 4.70. The van der Waals surface area contributed by atoms with E-state index in [0.29, 0.717) is 19.4 Å². The highest BCUT2D eigenvalue weighted by atomic mass is 16.2. The van der Waals surface area contributed by atoms with Gasteiger partial charge < -0.3 is 49.9 Å². The molecule has 0 aliphatic heterocycles. The second kappa shape index (κ2) is 23.7. The fraction of sp³-hybridized carbons (Fsp3) is 0.750. The Morgan fingerprint density at radius 1 is 0.612 bits per heavy atom. The van der Waals surface area contributed by atoms with Crippen molar-refractivity contribution in [1.82, 2.24) is 21.3 Å². The van der Waals surface area contributed by atoms with E-state index in [9.17, 15) is 38.4 Å². The molecule has 0 spiro atoms. The highest BCUT2D eigenvalue weighted by Gasteiger charge is 2.32. The van der Waals surface area contributed by atoms with Crippen molar-refractivity contribution in [3.8, 4) is 0 Å². The monoisotopic (exact) mass is 697 g/mol. The number of unbranched alkanes of at least 4 members (excludes halogenated alkanes) is 1. The number of hydrogen-bond donors (Lipinski definition) is 9.